The Hall–Kier alpha value is -1.76. The molecule has 1 saturated heterocycles. The molecule has 1 aliphatic heterocycles. The average Bonchev–Trinajstić information content (AvgIpc) is 2.71. The molecule has 0 unspecified atom stereocenters. The highest BCUT2D eigenvalue weighted by Gasteiger charge is 2.36. The Kier molecular flexibility index (Phi) is 3.94. The third-order valence-corrected chi connectivity index (χ3v) is 3.30. The van der Waals surface area contributed by atoms with Gasteiger partial charge in [0.15, 0.2) is 0 Å². The van der Waals surface area contributed by atoms with Crippen molar-refractivity contribution in [2.24, 2.45) is 0 Å². The lowest BCUT2D eigenvalue weighted by Crippen LogP contribution is -2.45. The number of nitrogens with one attached hydrogen (secondary N) is 1. The molecule has 3 amide bonds. The summed E-state index contributed by atoms with van der Waals surface area (Å²) in [6, 6.07) is 2.54. The van der Waals surface area contributed by atoms with Crippen LogP contribution in [0.2, 0.25) is 0 Å². The van der Waals surface area contributed by atoms with E-state index in [1.54, 1.807) is 18.3 Å². The van der Waals surface area contributed by atoms with Gasteiger partial charge in [-0.2, -0.15) is 0 Å². The summed E-state index contributed by atoms with van der Waals surface area (Å²) < 4.78 is 0.795. The summed E-state index contributed by atoms with van der Waals surface area (Å²) in [4.78, 5) is 40.0. The van der Waals surface area contributed by atoms with Crippen molar-refractivity contribution in [3.05, 3.63) is 22.8 Å². The first-order valence-corrected chi connectivity index (χ1v) is 6.55. The number of likely N-dealkylation sites (tertiary alicyclic amines) is 1. The van der Waals surface area contributed by atoms with Crippen molar-refractivity contribution in [1.82, 2.24) is 9.88 Å². The van der Waals surface area contributed by atoms with Crippen LogP contribution in [0.25, 0.3) is 0 Å². The molecule has 2 heterocycles. The number of aromatic nitrogens is 1. The van der Waals surface area contributed by atoms with Crippen LogP contribution in [0.1, 0.15) is 19.8 Å². The molecule has 100 valence electrons. The Morgan fingerprint density at radius 2 is 2.00 bits per heavy atom. The van der Waals surface area contributed by atoms with Crippen molar-refractivity contribution in [3.8, 4) is 0 Å². The zero-order valence-corrected chi connectivity index (χ0v) is 11.8. The highest BCUT2D eigenvalue weighted by atomic mass is 79.9. The highest BCUT2D eigenvalue weighted by molar-refractivity contribution is 9.10. The predicted molar refractivity (Wildman–Crippen MR) is 71.1 cm³/mol. The van der Waals surface area contributed by atoms with E-state index in [0.717, 1.165) is 9.37 Å². The maximum absolute atomic E-state index is 12.0. The van der Waals surface area contributed by atoms with E-state index in [-0.39, 0.29) is 24.7 Å². The van der Waals surface area contributed by atoms with Crippen LogP contribution in [0.4, 0.5) is 5.82 Å². The third kappa shape index (κ3) is 2.98. The molecule has 1 aromatic rings. The smallest absolute Gasteiger partial charge is 0.248 e. The second kappa shape index (κ2) is 5.48. The third-order valence-electron chi connectivity index (χ3n) is 2.84. The van der Waals surface area contributed by atoms with Crippen LogP contribution in [-0.4, -0.2) is 33.6 Å². The Morgan fingerprint density at radius 3 is 2.53 bits per heavy atom. The first-order chi connectivity index (χ1) is 8.99. The summed E-state index contributed by atoms with van der Waals surface area (Å²) in [7, 11) is 0. The van der Waals surface area contributed by atoms with Gasteiger partial charge >= 0.3 is 0 Å². The first-order valence-electron chi connectivity index (χ1n) is 5.76. The van der Waals surface area contributed by atoms with Gasteiger partial charge in [-0.25, -0.2) is 4.98 Å². The van der Waals surface area contributed by atoms with Gasteiger partial charge in [-0.15, -0.1) is 0 Å². The van der Waals surface area contributed by atoms with E-state index >= 15 is 0 Å². The van der Waals surface area contributed by atoms with E-state index in [4.69, 9.17) is 0 Å². The number of pyridine rings is 1. The van der Waals surface area contributed by atoms with Crippen LogP contribution in [0.15, 0.2) is 22.8 Å². The van der Waals surface area contributed by atoms with Crippen LogP contribution in [0, 0.1) is 0 Å². The standard InChI is InChI=1S/C12H12BrN3O3/c1-7(16-10(17)4-5-11(16)18)12(19)15-9-3-2-8(13)6-14-9/h2-3,6-7H,4-5H2,1H3,(H,14,15,19)/t7-/m0/s1. The zero-order chi connectivity index (χ0) is 14.0. The van der Waals surface area contributed by atoms with Crippen molar-refractivity contribution in [1.29, 1.82) is 0 Å². The molecule has 0 radical (unpaired) electrons. The predicted octanol–water partition coefficient (Wildman–Crippen LogP) is 1.32. The molecule has 1 aromatic heterocycles. The molecule has 1 fully saturated rings. The van der Waals surface area contributed by atoms with E-state index in [0.29, 0.717) is 5.82 Å². The number of nitrogens with zero attached hydrogens (tertiary/aromatic N) is 2. The zero-order valence-electron chi connectivity index (χ0n) is 10.2. The maximum atomic E-state index is 12.0. The Balaban J connectivity index is 2.05. The monoisotopic (exact) mass is 325 g/mol. The Bertz CT molecular complexity index is 514. The molecule has 0 bridgehead atoms. The van der Waals surface area contributed by atoms with Crippen LogP contribution in [0.5, 0.6) is 0 Å². The van der Waals surface area contributed by atoms with Crippen LogP contribution < -0.4 is 5.32 Å². The van der Waals surface area contributed by atoms with Crippen LogP contribution >= 0.6 is 15.9 Å². The molecule has 2 rings (SSSR count). The molecule has 7 heteroatoms. The quantitative estimate of drug-likeness (QED) is 0.850. The van der Waals surface area contributed by atoms with Crippen molar-refractivity contribution in [2.45, 2.75) is 25.8 Å². The van der Waals surface area contributed by atoms with Gasteiger partial charge < -0.3 is 5.32 Å². The van der Waals surface area contributed by atoms with E-state index < -0.39 is 11.9 Å². The molecule has 0 spiro atoms. The average molecular weight is 326 g/mol. The summed E-state index contributed by atoms with van der Waals surface area (Å²) in [5.74, 6) is -0.676. The Labute approximate surface area is 118 Å². The number of hydrogen-bond acceptors (Lipinski definition) is 4. The molecule has 19 heavy (non-hydrogen) atoms. The molecule has 1 aliphatic rings. The first kappa shape index (κ1) is 13.7. The summed E-state index contributed by atoms with van der Waals surface area (Å²) in [5.41, 5.74) is 0. The molecule has 1 N–H and O–H groups in total. The lowest BCUT2D eigenvalue weighted by molar-refractivity contribution is -0.144. The lowest BCUT2D eigenvalue weighted by Gasteiger charge is -2.21. The van der Waals surface area contributed by atoms with Gasteiger partial charge in [0.25, 0.3) is 0 Å². The minimum absolute atomic E-state index is 0.174. The van der Waals surface area contributed by atoms with Crippen molar-refractivity contribution < 1.29 is 14.4 Å². The maximum Gasteiger partial charge on any atom is 0.248 e. The number of imide groups is 1. The van der Waals surface area contributed by atoms with Gasteiger partial charge in [-0.3, -0.25) is 19.3 Å². The van der Waals surface area contributed by atoms with E-state index in [1.807, 2.05) is 0 Å². The lowest BCUT2D eigenvalue weighted by atomic mass is 10.2. The molecule has 0 aliphatic carbocycles. The highest BCUT2D eigenvalue weighted by Crippen LogP contribution is 2.17. The number of anilines is 1. The van der Waals surface area contributed by atoms with Crippen LogP contribution in [-0.2, 0) is 14.4 Å². The molecular formula is C12H12BrN3O3. The van der Waals surface area contributed by atoms with Crippen LogP contribution in [0.3, 0.4) is 0 Å². The van der Waals surface area contributed by atoms with Gasteiger partial charge in [-0.05, 0) is 35.0 Å². The van der Waals surface area contributed by atoms with Crippen molar-refractivity contribution >= 4 is 39.5 Å². The summed E-state index contributed by atoms with van der Waals surface area (Å²) in [6.45, 7) is 1.52. The fraction of sp³-hybridized carbons (Fsp3) is 0.333. The molecular weight excluding hydrogens is 314 g/mol. The molecule has 0 aromatic carbocycles. The fourth-order valence-electron chi connectivity index (χ4n) is 1.82. The summed E-state index contributed by atoms with van der Waals surface area (Å²) in [6.07, 6.45) is 1.90. The number of carbonyl (C=O) groups is 3. The van der Waals surface area contributed by atoms with Gasteiger partial charge in [0.05, 0.1) is 0 Å². The van der Waals surface area contributed by atoms with Gasteiger partial charge in [0.1, 0.15) is 11.9 Å². The van der Waals surface area contributed by atoms with E-state index in [9.17, 15) is 14.4 Å². The number of hydrogen-bond donors (Lipinski definition) is 1. The second-order valence-corrected chi connectivity index (χ2v) is 5.10. The number of halogens is 1. The minimum Gasteiger partial charge on any atom is -0.309 e. The fourth-order valence-corrected chi connectivity index (χ4v) is 2.06. The van der Waals surface area contributed by atoms with Gasteiger partial charge in [0.2, 0.25) is 17.7 Å². The largest absolute Gasteiger partial charge is 0.309 e. The topological polar surface area (TPSA) is 79.4 Å². The van der Waals surface area contributed by atoms with Crippen molar-refractivity contribution in [3.63, 3.8) is 0 Å². The molecule has 0 saturated carbocycles. The SMILES string of the molecule is C[C@@H](C(=O)Nc1ccc(Br)cn1)N1C(=O)CCC1=O. The molecule has 6 nitrogen and oxygen atoms in total. The molecule has 1 atom stereocenters. The normalized spacial score (nSPS) is 16.6. The summed E-state index contributed by atoms with van der Waals surface area (Å²) >= 11 is 3.24. The summed E-state index contributed by atoms with van der Waals surface area (Å²) in [5, 5.41) is 2.57. The second-order valence-electron chi connectivity index (χ2n) is 4.18. The number of carbonyl (C=O) groups excluding carboxylic acids is 3. The van der Waals surface area contributed by atoms with E-state index in [2.05, 4.69) is 26.2 Å². The van der Waals surface area contributed by atoms with Crippen molar-refractivity contribution in [2.75, 3.05) is 5.32 Å². The number of rotatable bonds is 3. The van der Waals surface area contributed by atoms with Gasteiger partial charge in [0, 0.05) is 23.5 Å². The number of amides is 3. The Morgan fingerprint density at radius 1 is 1.37 bits per heavy atom. The van der Waals surface area contributed by atoms with Gasteiger partial charge in [-0.1, -0.05) is 0 Å². The van der Waals surface area contributed by atoms with E-state index in [1.165, 1.54) is 6.92 Å². The minimum atomic E-state index is -0.826.